The Morgan fingerprint density at radius 2 is 1.85 bits per heavy atom. The Balaban J connectivity index is 1.99. The first-order chi connectivity index (χ1) is 13.1. The van der Waals surface area contributed by atoms with Crippen molar-refractivity contribution in [3.63, 3.8) is 0 Å². The van der Waals surface area contributed by atoms with E-state index in [1.807, 2.05) is 65.4 Å². The van der Waals surface area contributed by atoms with Gasteiger partial charge in [-0.25, -0.2) is 0 Å². The predicted octanol–water partition coefficient (Wildman–Crippen LogP) is 5.63. The minimum Gasteiger partial charge on any atom is -0.497 e. The number of methoxy groups -OCH3 is 1. The summed E-state index contributed by atoms with van der Waals surface area (Å²) in [6.07, 6.45) is 1.94. The van der Waals surface area contributed by atoms with Crippen LogP contribution in [-0.2, 0) is 9.53 Å². The summed E-state index contributed by atoms with van der Waals surface area (Å²) in [4.78, 5) is 13.6. The maximum absolute atomic E-state index is 11.9. The maximum atomic E-state index is 11.9. The van der Waals surface area contributed by atoms with Gasteiger partial charge in [0.05, 0.1) is 33.3 Å². The molecule has 0 amide bonds. The van der Waals surface area contributed by atoms with E-state index in [0.29, 0.717) is 10.8 Å². The molecule has 0 radical (unpaired) electrons. The Labute approximate surface area is 166 Å². The second kappa shape index (κ2) is 7.18. The van der Waals surface area contributed by atoms with Crippen molar-refractivity contribution >= 4 is 40.0 Å². The van der Waals surface area contributed by atoms with E-state index in [0.717, 1.165) is 32.5 Å². The van der Waals surface area contributed by atoms with Crippen LogP contribution in [0.25, 0.3) is 16.4 Å². The van der Waals surface area contributed by atoms with Gasteiger partial charge in [0.15, 0.2) is 5.76 Å². The Bertz CT molecular complexity index is 1050. The highest BCUT2D eigenvalue weighted by Gasteiger charge is 2.26. The number of fused-ring (bicyclic) bond motifs is 3. The second-order valence-electron chi connectivity index (χ2n) is 5.93. The summed E-state index contributed by atoms with van der Waals surface area (Å²) in [5, 5.41) is 0.646. The first-order valence-electron chi connectivity index (χ1n) is 8.30. The third-order valence-corrected chi connectivity index (χ3v) is 5.88. The molecule has 0 N–H and O–H groups in total. The lowest BCUT2D eigenvalue weighted by Gasteiger charge is -2.13. The van der Waals surface area contributed by atoms with Gasteiger partial charge in [0.25, 0.3) is 0 Å². The number of ether oxygens (including phenoxy) is 2. The lowest BCUT2D eigenvalue weighted by molar-refractivity contribution is -0.134. The van der Waals surface area contributed by atoms with Crippen molar-refractivity contribution in [3.05, 3.63) is 77.1 Å². The normalized spacial score (nSPS) is 12.9. The Morgan fingerprint density at radius 1 is 1.07 bits per heavy atom. The number of carbonyl (C=O) groups is 1. The van der Waals surface area contributed by atoms with Gasteiger partial charge in [-0.3, -0.25) is 4.79 Å². The van der Waals surface area contributed by atoms with Gasteiger partial charge in [-0.05, 0) is 42.0 Å². The summed E-state index contributed by atoms with van der Waals surface area (Å²) in [6.45, 7) is 1.40. The molecule has 1 aliphatic rings. The van der Waals surface area contributed by atoms with E-state index >= 15 is 0 Å². The molecule has 1 aromatic heterocycles. The van der Waals surface area contributed by atoms with E-state index in [1.54, 1.807) is 7.11 Å². The molecule has 4 rings (SSSR count). The highest BCUT2D eigenvalue weighted by atomic mass is 35.5. The number of carbonyl (C=O) groups excluding carboxylic acids is 1. The number of esters is 1. The lowest BCUT2D eigenvalue weighted by Crippen LogP contribution is -2.04. The number of halogens is 1. The molecule has 0 saturated carbocycles. The van der Waals surface area contributed by atoms with Crippen molar-refractivity contribution in [3.8, 4) is 11.4 Å². The first kappa shape index (κ1) is 17.8. The summed E-state index contributed by atoms with van der Waals surface area (Å²) in [5.74, 6) is 0.894. The SMILES string of the molecule is COc1ccc(C2=C(OC(C)=O)c3cccn3-c3cccc(Cl)c3S2)cc1. The zero-order chi connectivity index (χ0) is 19.0. The van der Waals surface area contributed by atoms with E-state index in [1.165, 1.54) is 18.7 Å². The summed E-state index contributed by atoms with van der Waals surface area (Å²) >= 11 is 8.01. The Kier molecular flexibility index (Phi) is 4.72. The molecule has 2 heterocycles. The van der Waals surface area contributed by atoms with E-state index in [9.17, 15) is 4.79 Å². The molecule has 3 aromatic rings. The smallest absolute Gasteiger partial charge is 0.308 e. The van der Waals surface area contributed by atoms with E-state index in [2.05, 4.69) is 0 Å². The van der Waals surface area contributed by atoms with Gasteiger partial charge in [-0.2, -0.15) is 0 Å². The quantitative estimate of drug-likeness (QED) is 0.537. The molecule has 0 saturated heterocycles. The van der Waals surface area contributed by atoms with Gasteiger partial charge in [0.2, 0.25) is 0 Å². The fourth-order valence-electron chi connectivity index (χ4n) is 3.00. The number of hydrogen-bond acceptors (Lipinski definition) is 4. The van der Waals surface area contributed by atoms with Crippen LogP contribution in [0.2, 0.25) is 5.02 Å². The summed E-state index contributed by atoms with van der Waals surface area (Å²) < 4.78 is 12.9. The molecule has 0 spiro atoms. The largest absolute Gasteiger partial charge is 0.497 e. The van der Waals surface area contributed by atoms with Gasteiger partial charge in [0, 0.05) is 13.1 Å². The Morgan fingerprint density at radius 3 is 2.56 bits per heavy atom. The monoisotopic (exact) mass is 397 g/mol. The van der Waals surface area contributed by atoms with Crippen molar-refractivity contribution in [1.82, 2.24) is 4.57 Å². The van der Waals surface area contributed by atoms with Crippen LogP contribution in [0, 0.1) is 0 Å². The van der Waals surface area contributed by atoms with Crippen molar-refractivity contribution in [1.29, 1.82) is 0 Å². The highest BCUT2D eigenvalue weighted by Crippen LogP contribution is 2.48. The van der Waals surface area contributed by atoms with Crippen molar-refractivity contribution < 1.29 is 14.3 Å². The number of nitrogens with zero attached hydrogens (tertiary/aromatic N) is 1. The molecular formula is C21H16ClNO3S. The fraction of sp³-hybridized carbons (Fsp3) is 0.0952. The maximum Gasteiger partial charge on any atom is 0.308 e. The topological polar surface area (TPSA) is 40.5 Å². The van der Waals surface area contributed by atoms with Crippen LogP contribution in [-0.4, -0.2) is 17.6 Å². The van der Waals surface area contributed by atoms with Crippen LogP contribution in [0.3, 0.4) is 0 Å². The molecule has 0 bridgehead atoms. The van der Waals surface area contributed by atoms with Crippen LogP contribution < -0.4 is 4.74 Å². The highest BCUT2D eigenvalue weighted by molar-refractivity contribution is 8.08. The zero-order valence-electron chi connectivity index (χ0n) is 14.7. The molecule has 0 unspecified atom stereocenters. The van der Waals surface area contributed by atoms with Crippen LogP contribution in [0.1, 0.15) is 18.2 Å². The molecule has 136 valence electrons. The summed E-state index contributed by atoms with van der Waals surface area (Å²) in [5.41, 5.74) is 2.66. The molecule has 27 heavy (non-hydrogen) atoms. The molecule has 4 nitrogen and oxygen atoms in total. The van der Waals surface area contributed by atoms with Crippen LogP contribution in [0.4, 0.5) is 0 Å². The van der Waals surface area contributed by atoms with Gasteiger partial charge in [-0.15, -0.1) is 0 Å². The summed E-state index contributed by atoms with van der Waals surface area (Å²) in [6, 6.07) is 17.3. The van der Waals surface area contributed by atoms with Gasteiger partial charge < -0.3 is 14.0 Å². The van der Waals surface area contributed by atoms with Crippen molar-refractivity contribution in [2.45, 2.75) is 11.8 Å². The third-order valence-electron chi connectivity index (χ3n) is 4.20. The van der Waals surface area contributed by atoms with Crippen LogP contribution >= 0.6 is 23.4 Å². The van der Waals surface area contributed by atoms with Crippen LogP contribution in [0.5, 0.6) is 5.75 Å². The van der Waals surface area contributed by atoms with E-state index < -0.39 is 0 Å². The molecule has 0 fully saturated rings. The van der Waals surface area contributed by atoms with E-state index in [4.69, 9.17) is 21.1 Å². The number of rotatable bonds is 3. The van der Waals surface area contributed by atoms with Gasteiger partial charge in [0.1, 0.15) is 5.75 Å². The number of benzene rings is 2. The second-order valence-corrected chi connectivity index (χ2v) is 7.36. The molecule has 1 aliphatic heterocycles. The number of hydrogen-bond donors (Lipinski definition) is 0. The van der Waals surface area contributed by atoms with E-state index in [-0.39, 0.29) is 5.97 Å². The minimum atomic E-state index is -0.374. The van der Waals surface area contributed by atoms with Crippen LogP contribution in [0.15, 0.2) is 65.7 Å². The fourth-order valence-corrected chi connectivity index (χ4v) is 4.42. The van der Waals surface area contributed by atoms with Crippen molar-refractivity contribution in [2.24, 2.45) is 0 Å². The number of aromatic nitrogens is 1. The molecule has 6 heteroatoms. The van der Waals surface area contributed by atoms with Gasteiger partial charge in [-0.1, -0.05) is 41.6 Å². The predicted molar refractivity (Wildman–Crippen MR) is 108 cm³/mol. The third kappa shape index (κ3) is 3.24. The molecule has 0 aliphatic carbocycles. The molecule has 0 atom stereocenters. The first-order valence-corrected chi connectivity index (χ1v) is 9.49. The average molecular weight is 398 g/mol. The molecule has 2 aromatic carbocycles. The standard InChI is InChI=1S/C21H16ClNO3S/c1-13(24)26-19-17-7-4-12-23(17)18-6-3-5-16(22)21(18)27-20(19)14-8-10-15(25-2)11-9-14/h3-12H,1-2H3. The lowest BCUT2D eigenvalue weighted by atomic mass is 10.1. The molecular weight excluding hydrogens is 382 g/mol. The Hall–Kier alpha value is -2.63. The summed E-state index contributed by atoms with van der Waals surface area (Å²) in [7, 11) is 1.63. The van der Waals surface area contributed by atoms with Crippen molar-refractivity contribution in [2.75, 3.05) is 7.11 Å². The van der Waals surface area contributed by atoms with Gasteiger partial charge >= 0.3 is 5.97 Å². The minimum absolute atomic E-state index is 0.374. The zero-order valence-corrected chi connectivity index (χ0v) is 16.3. The number of thioether (sulfide) groups is 1. The average Bonchev–Trinajstić information content (AvgIpc) is 3.10.